The van der Waals surface area contributed by atoms with Crippen molar-refractivity contribution in [3.8, 4) is 0 Å². The fourth-order valence-electron chi connectivity index (χ4n) is 3.92. The number of aliphatic hydroxyl groups excluding tert-OH is 2. The summed E-state index contributed by atoms with van der Waals surface area (Å²) < 4.78 is 0. The highest BCUT2D eigenvalue weighted by molar-refractivity contribution is 5.43. The van der Waals surface area contributed by atoms with E-state index in [0.717, 1.165) is 0 Å². The Hall–Kier alpha value is -1.52. The summed E-state index contributed by atoms with van der Waals surface area (Å²) in [6.45, 7) is 15.6. The summed E-state index contributed by atoms with van der Waals surface area (Å²) in [5, 5.41) is 43.9. The summed E-state index contributed by atoms with van der Waals surface area (Å²) in [5.41, 5.74) is -3.02. The first-order chi connectivity index (χ1) is 11.9. The van der Waals surface area contributed by atoms with Crippen LogP contribution in [0.15, 0.2) is 47.0 Å². The van der Waals surface area contributed by atoms with Crippen molar-refractivity contribution in [3.63, 3.8) is 0 Å². The molecule has 0 fully saturated rings. The van der Waals surface area contributed by atoms with Crippen LogP contribution in [0.25, 0.3) is 0 Å². The van der Waals surface area contributed by atoms with Gasteiger partial charge >= 0.3 is 0 Å². The second kappa shape index (κ2) is 6.25. The zero-order chi connectivity index (χ0) is 21.1. The summed E-state index contributed by atoms with van der Waals surface area (Å²) in [5.74, 6) is 0.365. The van der Waals surface area contributed by atoms with Crippen molar-refractivity contribution in [1.29, 1.82) is 0 Å². The smallest absolute Gasteiger partial charge is 0.115 e. The van der Waals surface area contributed by atoms with Gasteiger partial charge in [-0.1, -0.05) is 55.4 Å². The molecule has 2 aliphatic rings. The highest BCUT2D eigenvalue weighted by Crippen LogP contribution is 2.53. The minimum Gasteiger partial charge on any atom is -0.508 e. The standard InChI is InChI=1S/C23H36O4/c1-19(2,3)15-13-22(26,11-9-17(15)24)21(7,8)23(27)12-10-18(25)16(14-23)20(4,5)6/h9-10,13-14,24-27H,11-12H2,1-8H3. The lowest BCUT2D eigenvalue weighted by atomic mass is 9.57. The molecule has 0 amide bonds. The van der Waals surface area contributed by atoms with Gasteiger partial charge in [-0.15, -0.1) is 0 Å². The molecule has 0 spiro atoms. The van der Waals surface area contributed by atoms with Crippen molar-refractivity contribution in [2.45, 2.75) is 79.4 Å². The van der Waals surface area contributed by atoms with Gasteiger partial charge in [-0.2, -0.15) is 0 Å². The Morgan fingerprint density at radius 1 is 0.667 bits per heavy atom. The molecule has 0 aliphatic heterocycles. The highest BCUT2D eigenvalue weighted by atomic mass is 16.3. The average molecular weight is 377 g/mol. The van der Waals surface area contributed by atoms with Crippen LogP contribution in [-0.2, 0) is 0 Å². The van der Waals surface area contributed by atoms with E-state index in [1.165, 1.54) is 0 Å². The van der Waals surface area contributed by atoms with E-state index in [1.807, 2.05) is 55.4 Å². The third-order valence-corrected chi connectivity index (χ3v) is 6.31. The zero-order valence-electron chi connectivity index (χ0n) is 18.0. The van der Waals surface area contributed by atoms with Crippen LogP contribution in [0.5, 0.6) is 0 Å². The average Bonchev–Trinajstić information content (AvgIpc) is 2.50. The number of allylic oxidation sites excluding steroid dienone is 2. The number of hydrogen-bond acceptors (Lipinski definition) is 4. The predicted octanol–water partition coefficient (Wildman–Crippen LogP) is 5.11. The molecule has 0 aromatic heterocycles. The van der Waals surface area contributed by atoms with Crippen molar-refractivity contribution in [2.24, 2.45) is 16.2 Å². The molecule has 0 aromatic carbocycles. The van der Waals surface area contributed by atoms with Gasteiger partial charge in [0.15, 0.2) is 0 Å². The maximum Gasteiger partial charge on any atom is 0.115 e. The molecule has 2 rings (SSSR count). The Morgan fingerprint density at radius 2 is 0.963 bits per heavy atom. The lowest BCUT2D eigenvalue weighted by Crippen LogP contribution is -2.58. The first kappa shape index (κ1) is 21.8. The third kappa shape index (κ3) is 3.62. The Labute approximate surface area is 163 Å². The van der Waals surface area contributed by atoms with E-state index in [-0.39, 0.29) is 35.2 Å². The van der Waals surface area contributed by atoms with Gasteiger partial charge in [0, 0.05) is 18.3 Å². The predicted molar refractivity (Wildman–Crippen MR) is 109 cm³/mol. The maximum absolute atomic E-state index is 11.6. The van der Waals surface area contributed by atoms with Crippen LogP contribution in [0, 0.1) is 16.2 Å². The van der Waals surface area contributed by atoms with Crippen LogP contribution in [0.2, 0.25) is 0 Å². The van der Waals surface area contributed by atoms with Gasteiger partial charge in [0.2, 0.25) is 0 Å². The van der Waals surface area contributed by atoms with Gasteiger partial charge in [-0.3, -0.25) is 0 Å². The second-order valence-corrected chi connectivity index (χ2v) is 10.7. The lowest BCUT2D eigenvalue weighted by Gasteiger charge is -2.52. The van der Waals surface area contributed by atoms with Gasteiger partial charge in [-0.25, -0.2) is 0 Å². The molecule has 2 aliphatic carbocycles. The highest BCUT2D eigenvalue weighted by Gasteiger charge is 2.56. The Kier molecular flexibility index (Phi) is 5.04. The lowest BCUT2D eigenvalue weighted by molar-refractivity contribution is -0.135. The third-order valence-electron chi connectivity index (χ3n) is 6.31. The topological polar surface area (TPSA) is 80.9 Å². The van der Waals surface area contributed by atoms with Gasteiger partial charge in [-0.05, 0) is 46.3 Å². The quantitative estimate of drug-likeness (QED) is 0.540. The molecule has 152 valence electrons. The van der Waals surface area contributed by atoms with E-state index in [2.05, 4.69) is 0 Å². The van der Waals surface area contributed by atoms with E-state index in [9.17, 15) is 20.4 Å². The molecule has 2 atom stereocenters. The van der Waals surface area contributed by atoms with E-state index in [0.29, 0.717) is 11.1 Å². The molecule has 0 radical (unpaired) electrons. The van der Waals surface area contributed by atoms with Gasteiger partial charge in [0.1, 0.15) is 11.5 Å². The largest absolute Gasteiger partial charge is 0.508 e. The molecule has 0 saturated heterocycles. The number of hydrogen-bond donors (Lipinski definition) is 4. The minimum atomic E-state index is -1.35. The van der Waals surface area contributed by atoms with Gasteiger partial charge in [0.25, 0.3) is 0 Å². The van der Waals surface area contributed by atoms with Crippen molar-refractivity contribution in [3.05, 3.63) is 47.0 Å². The first-order valence-corrected chi connectivity index (χ1v) is 9.65. The molecular weight excluding hydrogens is 340 g/mol. The van der Waals surface area contributed by atoms with Gasteiger partial charge < -0.3 is 20.4 Å². The molecule has 0 heterocycles. The molecule has 2 unspecified atom stereocenters. The van der Waals surface area contributed by atoms with Crippen molar-refractivity contribution >= 4 is 0 Å². The second-order valence-electron chi connectivity index (χ2n) is 10.7. The summed E-state index contributed by atoms with van der Waals surface area (Å²) in [4.78, 5) is 0. The van der Waals surface area contributed by atoms with Gasteiger partial charge in [0.05, 0.1) is 11.2 Å². The number of aliphatic hydroxyl groups is 4. The minimum absolute atomic E-state index is 0.182. The van der Waals surface area contributed by atoms with E-state index in [4.69, 9.17) is 0 Å². The Morgan fingerprint density at radius 3 is 1.22 bits per heavy atom. The van der Waals surface area contributed by atoms with Crippen LogP contribution < -0.4 is 0 Å². The first-order valence-electron chi connectivity index (χ1n) is 9.65. The van der Waals surface area contributed by atoms with E-state index >= 15 is 0 Å². The number of rotatable bonds is 2. The monoisotopic (exact) mass is 376 g/mol. The molecule has 0 saturated carbocycles. The van der Waals surface area contributed by atoms with Crippen molar-refractivity contribution < 1.29 is 20.4 Å². The summed E-state index contributed by atoms with van der Waals surface area (Å²) in [6, 6.07) is 0. The molecular formula is C23H36O4. The summed E-state index contributed by atoms with van der Waals surface area (Å²) in [7, 11) is 0. The van der Waals surface area contributed by atoms with Crippen molar-refractivity contribution in [2.75, 3.05) is 0 Å². The molecule has 0 aromatic rings. The van der Waals surface area contributed by atoms with Crippen LogP contribution in [0.1, 0.15) is 68.2 Å². The summed E-state index contributed by atoms with van der Waals surface area (Å²) in [6.07, 6.45) is 7.11. The van der Waals surface area contributed by atoms with Crippen molar-refractivity contribution in [1.82, 2.24) is 0 Å². The van der Waals surface area contributed by atoms with Crippen LogP contribution in [0.3, 0.4) is 0 Å². The summed E-state index contributed by atoms with van der Waals surface area (Å²) >= 11 is 0. The van der Waals surface area contributed by atoms with Crippen LogP contribution in [0.4, 0.5) is 0 Å². The van der Waals surface area contributed by atoms with E-state index < -0.39 is 16.6 Å². The SMILES string of the molecule is CC(C)(C)C1=CC(O)(C(C)(C)C2(O)C=C(C(C)(C)C)C(O)=CC2)CC=C1O. The molecule has 4 N–H and O–H groups in total. The Balaban J connectivity index is 2.58. The fourth-order valence-corrected chi connectivity index (χ4v) is 3.92. The molecule has 27 heavy (non-hydrogen) atoms. The van der Waals surface area contributed by atoms with Crippen LogP contribution >= 0.6 is 0 Å². The van der Waals surface area contributed by atoms with E-state index in [1.54, 1.807) is 24.3 Å². The molecule has 0 bridgehead atoms. The van der Waals surface area contributed by atoms with Crippen LogP contribution in [-0.4, -0.2) is 31.6 Å². The molecule has 4 heteroatoms. The Bertz CT molecular complexity index is 675. The maximum atomic E-state index is 11.6. The normalized spacial score (nSPS) is 30.3. The zero-order valence-corrected chi connectivity index (χ0v) is 18.0. The molecule has 4 nitrogen and oxygen atoms in total. The fraction of sp³-hybridized carbons (Fsp3) is 0.652.